The number of anilines is 1. The van der Waals surface area contributed by atoms with Gasteiger partial charge in [-0.2, -0.15) is 10.1 Å². The van der Waals surface area contributed by atoms with Crippen molar-refractivity contribution in [2.24, 2.45) is 7.05 Å². The van der Waals surface area contributed by atoms with Crippen molar-refractivity contribution < 1.29 is 0 Å². The quantitative estimate of drug-likeness (QED) is 0.776. The number of hydrogen-bond acceptors (Lipinski definition) is 4. The number of nitrogens with one attached hydrogen (secondary N) is 1. The normalized spacial score (nSPS) is 18.2. The fraction of sp³-hybridized carbons (Fsp3) is 0.353. The van der Waals surface area contributed by atoms with Gasteiger partial charge in [-0.15, -0.1) is 0 Å². The molecule has 1 atom stereocenters. The molecule has 0 aliphatic carbocycles. The van der Waals surface area contributed by atoms with E-state index in [1.807, 2.05) is 24.3 Å². The summed E-state index contributed by atoms with van der Waals surface area (Å²) in [6, 6.07) is 8.09. The Balaban J connectivity index is 1.79. The zero-order chi connectivity index (χ0) is 16.7. The number of H-pyrrole nitrogens is 1. The molecule has 0 radical (unpaired) electrons. The van der Waals surface area contributed by atoms with Crippen LogP contribution in [0.5, 0.6) is 0 Å². The van der Waals surface area contributed by atoms with Crippen molar-refractivity contribution in [3.05, 3.63) is 51.4 Å². The Labute approximate surface area is 144 Å². The van der Waals surface area contributed by atoms with Gasteiger partial charge in [0.25, 0.3) is 5.56 Å². The first-order chi connectivity index (χ1) is 11.6. The number of benzene rings is 1. The maximum absolute atomic E-state index is 12.4. The van der Waals surface area contributed by atoms with E-state index in [9.17, 15) is 4.79 Å². The van der Waals surface area contributed by atoms with E-state index in [0.29, 0.717) is 17.0 Å². The van der Waals surface area contributed by atoms with E-state index in [-0.39, 0.29) is 11.6 Å². The summed E-state index contributed by atoms with van der Waals surface area (Å²) in [6.45, 7) is 0.861. The van der Waals surface area contributed by atoms with Gasteiger partial charge in [0.2, 0.25) is 5.95 Å². The Morgan fingerprint density at radius 2 is 2.04 bits per heavy atom. The van der Waals surface area contributed by atoms with Crippen molar-refractivity contribution in [3.8, 4) is 0 Å². The van der Waals surface area contributed by atoms with Crippen LogP contribution in [0, 0.1) is 0 Å². The van der Waals surface area contributed by atoms with Gasteiger partial charge in [0.05, 0.1) is 12.2 Å². The van der Waals surface area contributed by atoms with Gasteiger partial charge in [0.15, 0.2) is 5.65 Å². The fourth-order valence-electron chi connectivity index (χ4n) is 3.37. The third-order valence-corrected chi connectivity index (χ3v) is 4.87. The highest BCUT2D eigenvalue weighted by molar-refractivity contribution is 6.30. The molecule has 0 saturated carbocycles. The van der Waals surface area contributed by atoms with E-state index in [1.54, 1.807) is 17.9 Å². The second kappa shape index (κ2) is 5.94. The minimum absolute atomic E-state index is 0.150. The summed E-state index contributed by atoms with van der Waals surface area (Å²) in [6.07, 6.45) is 4.81. The van der Waals surface area contributed by atoms with E-state index in [0.717, 1.165) is 30.8 Å². The molecule has 1 aromatic carbocycles. The van der Waals surface area contributed by atoms with Gasteiger partial charge in [-0.05, 0) is 37.0 Å². The number of piperidine rings is 1. The number of nitrogens with zero attached hydrogens (tertiary/aromatic N) is 4. The van der Waals surface area contributed by atoms with Crippen LogP contribution in [-0.2, 0) is 7.05 Å². The second-order valence-corrected chi connectivity index (χ2v) is 6.59. The third kappa shape index (κ3) is 2.57. The molecule has 0 spiro atoms. The highest BCUT2D eigenvalue weighted by atomic mass is 35.5. The molecule has 1 aliphatic rings. The van der Waals surface area contributed by atoms with Crippen LogP contribution in [0.15, 0.2) is 35.3 Å². The lowest BCUT2D eigenvalue weighted by Crippen LogP contribution is -2.35. The molecule has 0 amide bonds. The first-order valence-corrected chi connectivity index (χ1v) is 8.45. The number of halogens is 1. The molecule has 1 N–H and O–H groups in total. The standard InChI is InChI=1S/C17H18ClN5O/c1-22-15-13(10-19-22)16(24)21-17(20-15)23-9-3-2-4-14(23)11-5-7-12(18)8-6-11/h5-8,10,14H,2-4,9H2,1H3,(H,20,21,24). The fourth-order valence-corrected chi connectivity index (χ4v) is 3.50. The van der Waals surface area contributed by atoms with E-state index >= 15 is 0 Å². The lowest BCUT2D eigenvalue weighted by Gasteiger charge is -2.36. The zero-order valence-corrected chi connectivity index (χ0v) is 14.1. The molecule has 1 unspecified atom stereocenters. The van der Waals surface area contributed by atoms with Gasteiger partial charge in [0, 0.05) is 18.6 Å². The van der Waals surface area contributed by atoms with E-state index in [4.69, 9.17) is 11.6 Å². The topological polar surface area (TPSA) is 66.8 Å². The minimum Gasteiger partial charge on any atom is -0.335 e. The largest absolute Gasteiger partial charge is 0.335 e. The van der Waals surface area contributed by atoms with Crippen LogP contribution in [0.2, 0.25) is 5.02 Å². The number of aromatic nitrogens is 4. The van der Waals surface area contributed by atoms with Gasteiger partial charge in [0.1, 0.15) is 5.39 Å². The molecule has 2 aromatic heterocycles. The van der Waals surface area contributed by atoms with Crippen molar-refractivity contribution in [2.45, 2.75) is 25.3 Å². The van der Waals surface area contributed by atoms with E-state index in [1.165, 1.54) is 5.56 Å². The number of aromatic amines is 1. The summed E-state index contributed by atoms with van der Waals surface area (Å²) in [7, 11) is 1.80. The summed E-state index contributed by atoms with van der Waals surface area (Å²) in [5, 5.41) is 5.37. The molecule has 24 heavy (non-hydrogen) atoms. The Hall–Kier alpha value is -2.34. The Morgan fingerprint density at radius 1 is 1.25 bits per heavy atom. The highest BCUT2D eigenvalue weighted by Gasteiger charge is 2.26. The lowest BCUT2D eigenvalue weighted by molar-refractivity contribution is 0.465. The summed E-state index contributed by atoms with van der Waals surface area (Å²) >= 11 is 6.01. The van der Waals surface area contributed by atoms with Crippen LogP contribution in [-0.4, -0.2) is 26.3 Å². The summed E-state index contributed by atoms with van der Waals surface area (Å²) in [5.41, 5.74) is 1.64. The molecule has 7 heteroatoms. The van der Waals surface area contributed by atoms with Crippen LogP contribution in [0.4, 0.5) is 5.95 Å². The number of hydrogen-bond donors (Lipinski definition) is 1. The molecule has 3 heterocycles. The van der Waals surface area contributed by atoms with Crippen LogP contribution in [0.25, 0.3) is 11.0 Å². The van der Waals surface area contributed by atoms with Gasteiger partial charge in [-0.3, -0.25) is 14.5 Å². The summed E-state index contributed by atoms with van der Waals surface area (Å²) < 4.78 is 1.63. The van der Waals surface area contributed by atoms with Gasteiger partial charge >= 0.3 is 0 Å². The smallest absolute Gasteiger partial charge is 0.263 e. The summed E-state index contributed by atoms with van der Waals surface area (Å²) in [5.74, 6) is 0.607. The molecule has 6 nitrogen and oxygen atoms in total. The molecule has 124 valence electrons. The molecule has 1 saturated heterocycles. The SMILES string of the molecule is Cn1ncc2c(=O)[nH]c(N3CCCCC3c3ccc(Cl)cc3)nc21. The maximum Gasteiger partial charge on any atom is 0.263 e. The first-order valence-electron chi connectivity index (χ1n) is 8.07. The van der Waals surface area contributed by atoms with Crippen LogP contribution >= 0.6 is 11.6 Å². The Bertz CT molecular complexity index is 930. The lowest BCUT2D eigenvalue weighted by atomic mass is 9.95. The van der Waals surface area contributed by atoms with Crippen LogP contribution in [0.3, 0.4) is 0 Å². The molecule has 0 bridgehead atoms. The average Bonchev–Trinajstić information content (AvgIpc) is 2.97. The zero-order valence-electron chi connectivity index (χ0n) is 13.4. The van der Waals surface area contributed by atoms with Crippen LogP contribution in [0.1, 0.15) is 30.9 Å². The minimum atomic E-state index is -0.150. The molecule has 4 rings (SSSR count). The van der Waals surface area contributed by atoms with E-state index in [2.05, 4.69) is 20.0 Å². The van der Waals surface area contributed by atoms with Gasteiger partial charge in [-0.1, -0.05) is 23.7 Å². The van der Waals surface area contributed by atoms with Crippen molar-refractivity contribution >= 4 is 28.6 Å². The molecule has 3 aromatic rings. The Kier molecular flexibility index (Phi) is 3.76. The second-order valence-electron chi connectivity index (χ2n) is 6.15. The predicted molar refractivity (Wildman–Crippen MR) is 94.5 cm³/mol. The average molecular weight is 344 g/mol. The number of rotatable bonds is 2. The monoisotopic (exact) mass is 343 g/mol. The summed E-state index contributed by atoms with van der Waals surface area (Å²) in [4.78, 5) is 22.1. The van der Waals surface area contributed by atoms with Crippen molar-refractivity contribution in [2.75, 3.05) is 11.4 Å². The van der Waals surface area contributed by atoms with Crippen molar-refractivity contribution in [1.82, 2.24) is 19.7 Å². The molecular formula is C17H18ClN5O. The number of aryl methyl sites for hydroxylation is 1. The highest BCUT2D eigenvalue weighted by Crippen LogP contribution is 2.33. The predicted octanol–water partition coefficient (Wildman–Crippen LogP) is 3.04. The first kappa shape index (κ1) is 15.2. The molecule has 1 aliphatic heterocycles. The Morgan fingerprint density at radius 3 is 2.83 bits per heavy atom. The van der Waals surface area contributed by atoms with Gasteiger partial charge in [-0.25, -0.2) is 0 Å². The third-order valence-electron chi connectivity index (χ3n) is 4.62. The van der Waals surface area contributed by atoms with Gasteiger partial charge < -0.3 is 4.90 Å². The number of fused-ring (bicyclic) bond motifs is 1. The van der Waals surface area contributed by atoms with Crippen molar-refractivity contribution in [3.63, 3.8) is 0 Å². The van der Waals surface area contributed by atoms with E-state index < -0.39 is 0 Å². The van der Waals surface area contributed by atoms with Crippen molar-refractivity contribution in [1.29, 1.82) is 0 Å². The molecular weight excluding hydrogens is 326 g/mol. The maximum atomic E-state index is 12.4. The van der Waals surface area contributed by atoms with Crippen LogP contribution < -0.4 is 10.5 Å². The molecule has 1 fully saturated rings.